The van der Waals surface area contributed by atoms with Gasteiger partial charge >= 0.3 is 0 Å². The second kappa shape index (κ2) is 11.3. The fourth-order valence-electron chi connectivity index (χ4n) is 2.97. The fourth-order valence-corrected chi connectivity index (χ4v) is 3.19. The number of halogens is 1. The molecule has 0 aliphatic carbocycles. The SMILES string of the molecule is C=C/C=C(\C=C/N)C(=C)N(C(/C=C/c1nnc(-c2cc[nH]c(=O)c2)o1)=N\N)c1ccccc1Cl. The number of hydrogen-bond acceptors (Lipinski definition) is 7. The normalized spacial score (nSPS) is 12.4. The Bertz CT molecular complexity index is 1370. The van der Waals surface area contributed by atoms with Gasteiger partial charge in [0.1, 0.15) is 0 Å². The van der Waals surface area contributed by atoms with Gasteiger partial charge in [0.15, 0.2) is 5.84 Å². The maximum absolute atomic E-state index is 11.5. The summed E-state index contributed by atoms with van der Waals surface area (Å²) in [6.07, 6.45) is 11.0. The minimum absolute atomic E-state index is 0.171. The number of allylic oxidation sites excluding steroid dienone is 3. The molecule has 0 aliphatic heterocycles. The highest BCUT2D eigenvalue weighted by atomic mass is 35.5. The number of hydrogen-bond donors (Lipinski definition) is 3. The van der Waals surface area contributed by atoms with Crippen LogP contribution in [0.4, 0.5) is 5.69 Å². The molecule has 3 aromatic rings. The van der Waals surface area contributed by atoms with E-state index in [0.29, 0.717) is 27.5 Å². The third-order valence-electron chi connectivity index (χ3n) is 4.47. The lowest BCUT2D eigenvalue weighted by Crippen LogP contribution is -2.30. The molecule has 5 N–H and O–H groups in total. The van der Waals surface area contributed by atoms with Crippen LogP contribution >= 0.6 is 11.6 Å². The summed E-state index contributed by atoms with van der Waals surface area (Å²) in [6.45, 7) is 7.91. The number of aromatic nitrogens is 3. The van der Waals surface area contributed by atoms with Gasteiger partial charge in [0.25, 0.3) is 0 Å². The minimum atomic E-state index is -0.283. The molecule has 9 nitrogen and oxygen atoms in total. The molecule has 2 aromatic heterocycles. The molecule has 0 fully saturated rings. The molecule has 1 aromatic carbocycles. The number of nitrogens with one attached hydrogen (secondary N) is 1. The molecule has 0 aliphatic rings. The number of benzene rings is 1. The molecule has 3 rings (SSSR count). The van der Waals surface area contributed by atoms with Crippen molar-refractivity contribution < 1.29 is 4.42 Å². The zero-order chi connectivity index (χ0) is 24.5. The summed E-state index contributed by atoms with van der Waals surface area (Å²) >= 11 is 6.47. The summed E-state index contributed by atoms with van der Waals surface area (Å²) in [5, 5.41) is 12.3. The second-order valence-corrected chi connectivity index (χ2v) is 7.07. The van der Waals surface area contributed by atoms with E-state index in [1.165, 1.54) is 24.5 Å². The van der Waals surface area contributed by atoms with Gasteiger partial charge < -0.3 is 21.0 Å². The van der Waals surface area contributed by atoms with E-state index in [9.17, 15) is 4.79 Å². The highest BCUT2D eigenvalue weighted by molar-refractivity contribution is 6.34. The number of rotatable bonds is 8. The van der Waals surface area contributed by atoms with Crippen molar-refractivity contribution in [3.63, 3.8) is 0 Å². The third-order valence-corrected chi connectivity index (χ3v) is 4.79. The molecule has 0 unspecified atom stereocenters. The minimum Gasteiger partial charge on any atom is -0.417 e. The molecule has 34 heavy (non-hydrogen) atoms. The van der Waals surface area contributed by atoms with Crippen molar-refractivity contribution in [2.24, 2.45) is 16.7 Å². The fraction of sp³-hybridized carbons (Fsp3) is 0. The lowest BCUT2D eigenvalue weighted by Gasteiger charge is -2.27. The first-order chi connectivity index (χ1) is 16.5. The molecular weight excluding hydrogens is 454 g/mol. The molecule has 10 heteroatoms. The van der Waals surface area contributed by atoms with Gasteiger partial charge in [-0.3, -0.25) is 9.69 Å². The number of nitrogens with two attached hydrogens (primary N) is 2. The van der Waals surface area contributed by atoms with Gasteiger partial charge in [-0.25, -0.2) is 0 Å². The average Bonchev–Trinajstić information content (AvgIpc) is 3.31. The Morgan fingerprint density at radius 2 is 2.03 bits per heavy atom. The van der Waals surface area contributed by atoms with Crippen LogP contribution in [0.5, 0.6) is 0 Å². The smallest absolute Gasteiger partial charge is 0.248 e. The predicted octanol–water partition coefficient (Wildman–Crippen LogP) is 3.97. The lowest BCUT2D eigenvalue weighted by molar-refractivity contribution is 0.557. The molecular formula is C24H22ClN7O2. The summed E-state index contributed by atoms with van der Waals surface area (Å²) in [7, 11) is 0. The zero-order valence-electron chi connectivity index (χ0n) is 18.1. The number of aromatic amines is 1. The first kappa shape index (κ1) is 24.0. The van der Waals surface area contributed by atoms with Crippen molar-refractivity contribution in [1.29, 1.82) is 0 Å². The Morgan fingerprint density at radius 3 is 2.71 bits per heavy atom. The molecule has 0 atom stereocenters. The van der Waals surface area contributed by atoms with Crippen molar-refractivity contribution in [2.45, 2.75) is 0 Å². The number of para-hydroxylation sites is 1. The summed E-state index contributed by atoms with van der Waals surface area (Å²) in [4.78, 5) is 15.7. The Balaban J connectivity index is 2.00. The highest BCUT2D eigenvalue weighted by Crippen LogP contribution is 2.31. The van der Waals surface area contributed by atoms with Crippen LogP contribution in [-0.4, -0.2) is 21.0 Å². The molecule has 2 heterocycles. The van der Waals surface area contributed by atoms with E-state index in [4.69, 9.17) is 27.6 Å². The largest absolute Gasteiger partial charge is 0.417 e. The maximum Gasteiger partial charge on any atom is 0.248 e. The molecule has 0 radical (unpaired) electrons. The van der Waals surface area contributed by atoms with Gasteiger partial charge in [0.2, 0.25) is 17.3 Å². The second-order valence-electron chi connectivity index (χ2n) is 6.66. The summed E-state index contributed by atoms with van der Waals surface area (Å²) in [5.74, 6) is 6.38. The number of hydrazone groups is 1. The van der Waals surface area contributed by atoms with Gasteiger partial charge in [-0.15, -0.1) is 10.2 Å². The van der Waals surface area contributed by atoms with Crippen LogP contribution < -0.4 is 22.0 Å². The Kier molecular flexibility index (Phi) is 7.98. The zero-order valence-corrected chi connectivity index (χ0v) is 18.8. The van der Waals surface area contributed by atoms with Crippen molar-refractivity contribution in [3.05, 3.63) is 119 Å². The van der Waals surface area contributed by atoms with Crippen LogP contribution in [0.25, 0.3) is 17.5 Å². The number of pyridine rings is 1. The first-order valence-corrected chi connectivity index (χ1v) is 10.3. The molecule has 172 valence electrons. The number of amidine groups is 1. The van der Waals surface area contributed by atoms with Crippen LogP contribution in [0.2, 0.25) is 5.02 Å². The number of H-pyrrole nitrogens is 1. The van der Waals surface area contributed by atoms with Crippen LogP contribution in [0, 0.1) is 0 Å². The van der Waals surface area contributed by atoms with Crippen LogP contribution in [0.15, 0.2) is 112 Å². The summed E-state index contributed by atoms with van der Waals surface area (Å²) < 4.78 is 5.64. The molecule has 0 amide bonds. The lowest BCUT2D eigenvalue weighted by atomic mass is 10.1. The van der Waals surface area contributed by atoms with E-state index in [1.54, 1.807) is 53.5 Å². The monoisotopic (exact) mass is 475 g/mol. The predicted molar refractivity (Wildman–Crippen MR) is 136 cm³/mol. The van der Waals surface area contributed by atoms with Gasteiger partial charge in [-0.2, -0.15) is 5.10 Å². The topological polar surface area (TPSA) is 139 Å². The van der Waals surface area contributed by atoms with Crippen LogP contribution in [0.1, 0.15) is 5.89 Å². The van der Waals surface area contributed by atoms with Gasteiger partial charge in [0.05, 0.1) is 10.7 Å². The van der Waals surface area contributed by atoms with Gasteiger partial charge in [0, 0.05) is 29.6 Å². The Labute approximate surface area is 200 Å². The molecule has 0 saturated heterocycles. The molecule has 0 spiro atoms. The van der Waals surface area contributed by atoms with Crippen molar-refractivity contribution in [2.75, 3.05) is 4.90 Å². The highest BCUT2D eigenvalue weighted by Gasteiger charge is 2.20. The quantitative estimate of drug-likeness (QED) is 0.147. The van der Waals surface area contributed by atoms with E-state index in [2.05, 4.69) is 33.4 Å². The van der Waals surface area contributed by atoms with Crippen LogP contribution in [0.3, 0.4) is 0 Å². The van der Waals surface area contributed by atoms with E-state index < -0.39 is 0 Å². The Hall–Kier alpha value is -4.63. The van der Waals surface area contributed by atoms with E-state index in [1.807, 2.05) is 6.07 Å². The molecule has 0 bridgehead atoms. The van der Waals surface area contributed by atoms with Crippen molar-refractivity contribution in [3.8, 4) is 11.5 Å². The average molecular weight is 476 g/mol. The van der Waals surface area contributed by atoms with Gasteiger partial charge in [-0.1, -0.05) is 49.0 Å². The van der Waals surface area contributed by atoms with Crippen molar-refractivity contribution in [1.82, 2.24) is 15.2 Å². The van der Waals surface area contributed by atoms with Crippen LogP contribution in [-0.2, 0) is 0 Å². The third kappa shape index (κ3) is 5.59. The van der Waals surface area contributed by atoms with E-state index in [-0.39, 0.29) is 23.2 Å². The van der Waals surface area contributed by atoms with Gasteiger partial charge in [-0.05, 0) is 42.1 Å². The standard InChI is InChI=1S/C24H22ClN7O2/c1-3-6-17(11-13-26)16(2)32(20-8-5-4-7-19(20)25)21(29-27)9-10-23-30-31-24(34-23)18-12-14-28-22(33)15-18/h3-15H,1-2,26-27H2,(H,28,33)/b10-9+,13-11-,17-6+,29-21-. The van der Waals surface area contributed by atoms with E-state index in [0.717, 1.165) is 0 Å². The summed E-state index contributed by atoms with van der Waals surface area (Å²) in [5.41, 5.74) is 7.54. The first-order valence-electron chi connectivity index (χ1n) is 9.92. The van der Waals surface area contributed by atoms with Crippen molar-refractivity contribution >= 4 is 29.2 Å². The maximum atomic E-state index is 11.5. The molecule has 0 saturated carbocycles. The number of anilines is 1. The summed E-state index contributed by atoms with van der Waals surface area (Å²) in [6, 6.07) is 10.2. The Morgan fingerprint density at radius 1 is 1.24 bits per heavy atom. The van der Waals surface area contributed by atoms with E-state index >= 15 is 0 Å². The number of nitrogens with zero attached hydrogens (tertiary/aromatic N) is 4.